The Labute approximate surface area is 177 Å². The molecule has 0 atom stereocenters. The second-order valence-electron chi connectivity index (χ2n) is 7.41. The maximum atomic E-state index is 13.3. The first-order chi connectivity index (χ1) is 14.9. The second kappa shape index (κ2) is 8.51. The van der Waals surface area contributed by atoms with Crippen LogP contribution in [0.3, 0.4) is 0 Å². The number of halogens is 1. The van der Waals surface area contributed by atoms with Gasteiger partial charge in [-0.1, -0.05) is 6.07 Å². The van der Waals surface area contributed by atoms with E-state index in [-0.39, 0.29) is 18.0 Å². The number of benzene rings is 1. The number of nitrogens with zero attached hydrogens (tertiary/aromatic N) is 3. The van der Waals surface area contributed by atoms with Crippen LogP contribution in [0, 0.1) is 5.82 Å². The van der Waals surface area contributed by atoms with Crippen molar-refractivity contribution in [2.75, 3.05) is 6.54 Å². The molecule has 0 aliphatic carbocycles. The third-order valence-corrected chi connectivity index (χ3v) is 5.42. The summed E-state index contributed by atoms with van der Waals surface area (Å²) in [7, 11) is 0. The van der Waals surface area contributed by atoms with Crippen LogP contribution in [0.1, 0.15) is 33.6 Å². The fourth-order valence-corrected chi connectivity index (χ4v) is 3.86. The number of nitrogens with two attached hydrogens (primary N) is 1. The van der Waals surface area contributed by atoms with Gasteiger partial charge in [0.2, 0.25) is 5.91 Å². The Balaban J connectivity index is 1.63. The van der Waals surface area contributed by atoms with E-state index in [0.717, 1.165) is 5.69 Å². The molecule has 2 aromatic heterocycles. The van der Waals surface area contributed by atoms with Crippen molar-refractivity contribution in [2.45, 2.75) is 25.8 Å². The molecule has 1 aliphatic heterocycles. The van der Waals surface area contributed by atoms with E-state index in [1.165, 1.54) is 28.8 Å². The molecule has 3 heterocycles. The molecule has 4 rings (SSSR count). The predicted octanol–water partition coefficient (Wildman–Crippen LogP) is 1.99. The number of hydrogen-bond donors (Lipinski definition) is 1. The second-order valence-corrected chi connectivity index (χ2v) is 7.41. The minimum Gasteiger partial charge on any atom is -0.365 e. The van der Waals surface area contributed by atoms with Crippen LogP contribution in [0.2, 0.25) is 0 Å². The van der Waals surface area contributed by atoms with Crippen molar-refractivity contribution in [3.05, 3.63) is 93.4 Å². The summed E-state index contributed by atoms with van der Waals surface area (Å²) in [5.41, 5.74) is 7.39. The fraction of sp³-hybridized carbons (Fsp3) is 0.217. The number of hydrogen-bond acceptors (Lipinski definition) is 4. The van der Waals surface area contributed by atoms with Crippen molar-refractivity contribution < 1.29 is 14.0 Å². The van der Waals surface area contributed by atoms with Gasteiger partial charge in [-0.25, -0.2) is 4.39 Å². The average Bonchev–Trinajstić information content (AvgIpc) is 2.78. The van der Waals surface area contributed by atoms with Crippen LogP contribution >= 0.6 is 0 Å². The van der Waals surface area contributed by atoms with E-state index in [9.17, 15) is 18.8 Å². The van der Waals surface area contributed by atoms with Crippen LogP contribution in [0.5, 0.6) is 0 Å². The molecular formula is C23H21FN4O3. The number of amides is 2. The molecule has 1 aliphatic rings. The zero-order chi connectivity index (χ0) is 22.0. The summed E-state index contributed by atoms with van der Waals surface area (Å²) < 4.78 is 14.6. The number of carbonyl (C=O) groups is 2. The molecule has 0 spiro atoms. The number of primary amides is 1. The Kier molecular flexibility index (Phi) is 5.62. The standard InChI is InChI=1S/C23H21FN4O3/c24-16-4-7-18(8-5-16)28-14-15-13-27(12-10-19(15)21(22(25)30)23(28)31)20(29)9-6-17-3-1-2-11-26-17/h1-5,7-8,11,14H,6,9-10,12-13H2,(H2,25,30). The van der Waals surface area contributed by atoms with Gasteiger partial charge < -0.3 is 10.6 Å². The normalized spacial score (nSPS) is 13.0. The first kappa shape index (κ1) is 20.5. The maximum Gasteiger partial charge on any atom is 0.268 e. The van der Waals surface area contributed by atoms with E-state index in [1.54, 1.807) is 17.3 Å². The minimum absolute atomic E-state index is 0.0311. The van der Waals surface area contributed by atoms with Crippen LogP contribution in [0.25, 0.3) is 5.69 Å². The Hall–Kier alpha value is -3.81. The van der Waals surface area contributed by atoms with Crippen molar-refractivity contribution in [2.24, 2.45) is 5.73 Å². The van der Waals surface area contributed by atoms with Gasteiger partial charge in [0, 0.05) is 43.3 Å². The first-order valence-corrected chi connectivity index (χ1v) is 9.95. The minimum atomic E-state index is -0.812. The van der Waals surface area contributed by atoms with Gasteiger partial charge in [-0.15, -0.1) is 0 Å². The molecule has 1 aromatic carbocycles. The van der Waals surface area contributed by atoms with Crippen LogP contribution in [0.4, 0.5) is 4.39 Å². The SMILES string of the molecule is NC(=O)c1c2c(cn(-c3ccc(F)cc3)c1=O)CN(C(=O)CCc1ccccn1)CC2. The monoisotopic (exact) mass is 420 g/mol. The highest BCUT2D eigenvalue weighted by Crippen LogP contribution is 2.23. The van der Waals surface area contributed by atoms with Crippen molar-refractivity contribution in [1.82, 2.24) is 14.5 Å². The van der Waals surface area contributed by atoms with Crippen LogP contribution in [0.15, 0.2) is 59.7 Å². The van der Waals surface area contributed by atoms with Crippen molar-refractivity contribution >= 4 is 11.8 Å². The van der Waals surface area contributed by atoms with E-state index < -0.39 is 17.3 Å². The highest BCUT2D eigenvalue weighted by Gasteiger charge is 2.27. The van der Waals surface area contributed by atoms with Crippen molar-refractivity contribution in [3.63, 3.8) is 0 Å². The highest BCUT2D eigenvalue weighted by molar-refractivity contribution is 5.94. The molecule has 0 fully saturated rings. The van der Waals surface area contributed by atoms with Gasteiger partial charge in [0.05, 0.1) is 0 Å². The van der Waals surface area contributed by atoms with E-state index in [1.807, 2.05) is 18.2 Å². The van der Waals surface area contributed by atoms with Crippen molar-refractivity contribution in [1.29, 1.82) is 0 Å². The number of pyridine rings is 2. The van der Waals surface area contributed by atoms with E-state index in [4.69, 9.17) is 5.73 Å². The number of fused-ring (bicyclic) bond motifs is 1. The largest absolute Gasteiger partial charge is 0.365 e. The molecule has 2 N–H and O–H groups in total. The van der Waals surface area contributed by atoms with Crippen LogP contribution in [-0.2, 0) is 24.2 Å². The fourth-order valence-electron chi connectivity index (χ4n) is 3.86. The summed E-state index contributed by atoms with van der Waals surface area (Å²) in [6.45, 7) is 0.659. The predicted molar refractivity (Wildman–Crippen MR) is 112 cm³/mol. The van der Waals surface area contributed by atoms with Gasteiger partial charge in [-0.3, -0.25) is 23.9 Å². The first-order valence-electron chi connectivity index (χ1n) is 9.95. The summed E-state index contributed by atoms with van der Waals surface area (Å²) in [6.07, 6.45) is 4.51. The van der Waals surface area contributed by atoms with Gasteiger partial charge in [0.25, 0.3) is 11.5 Å². The Morgan fingerprint density at radius 1 is 1.13 bits per heavy atom. The summed E-state index contributed by atoms with van der Waals surface area (Å²) in [5, 5.41) is 0. The average molecular weight is 420 g/mol. The quantitative estimate of drug-likeness (QED) is 0.682. The topological polar surface area (TPSA) is 98.3 Å². The lowest BCUT2D eigenvalue weighted by Gasteiger charge is -2.30. The van der Waals surface area contributed by atoms with Gasteiger partial charge in [-0.2, -0.15) is 0 Å². The third-order valence-electron chi connectivity index (χ3n) is 5.42. The number of rotatable bonds is 5. The summed E-state index contributed by atoms with van der Waals surface area (Å²) >= 11 is 0. The Bertz CT molecular complexity index is 1190. The molecule has 0 bridgehead atoms. The lowest BCUT2D eigenvalue weighted by atomic mass is 9.95. The summed E-state index contributed by atoms with van der Waals surface area (Å²) in [5.74, 6) is -1.28. The maximum absolute atomic E-state index is 13.3. The number of aromatic nitrogens is 2. The molecule has 0 unspecified atom stereocenters. The molecule has 31 heavy (non-hydrogen) atoms. The lowest BCUT2D eigenvalue weighted by Crippen LogP contribution is -2.40. The van der Waals surface area contributed by atoms with Crippen LogP contribution in [-0.4, -0.2) is 32.8 Å². The molecule has 2 amide bonds. The zero-order valence-corrected chi connectivity index (χ0v) is 16.8. The Morgan fingerprint density at radius 2 is 1.90 bits per heavy atom. The van der Waals surface area contributed by atoms with Crippen LogP contribution < -0.4 is 11.3 Å². The van der Waals surface area contributed by atoms with Gasteiger partial charge in [0.1, 0.15) is 11.4 Å². The zero-order valence-electron chi connectivity index (χ0n) is 16.8. The van der Waals surface area contributed by atoms with E-state index >= 15 is 0 Å². The molecule has 0 saturated carbocycles. The lowest BCUT2D eigenvalue weighted by molar-refractivity contribution is -0.132. The summed E-state index contributed by atoms with van der Waals surface area (Å²) in [6, 6.07) is 10.9. The van der Waals surface area contributed by atoms with E-state index in [0.29, 0.717) is 42.6 Å². The van der Waals surface area contributed by atoms with Gasteiger partial charge in [0.15, 0.2) is 0 Å². The molecular weight excluding hydrogens is 399 g/mol. The summed E-state index contributed by atoms with van der Waals surface area (Å²) in [4.78, 5) is 43.7. The molecule has 3 aromatic rings. The molecule has 158 valence electrons. The third kappa shape index (κ3) is 4.23. The highest BCUT2D eigenvalue weighted by atomic mass is 19.1. The molecule has 0 saturated heterocycles. The smallest absolute Gasteiger partial charge is 0.268 e. The van der Waals surface area contributed by atoms with Gasteiger partial charge >= 0.3 is 0 Å². The number of carbonyl (C=O) groups excluding carboxylic acids is 2. The van der Waals surface area contributed by atoms with E-state index in [2.05, 4.69) is 4.98 Å². The molecule has 7 nitrogen and oxygen atoms in total. The van der Waals surface area contributed by atoms with Crippen molar-refractivity contribution in [3.8, 4) is 5.69 Å². The molecule has 0 radical (unpaired) electrons. The molecule has 8 heteroatoms. The Morgan fingerprint density at radius 3 is 2.58 bits per heavy atom. The van der Waals surface area contributed by atoms with Gasteiger partial charge in [-0.05, 0) is 60.4 Å². The number of aryl methyl sites for hydroxylation is 1.